The summed E-state index contributed by atoms with van der Waals surface area (Å²) < 4.78 is 0.821. The summed E-state index contributed by atoms with van der Waals surface area (Å²) in [5.74, 6) is -0.940. The fourth-order valence-electron chi connectivity index (χ4n) is 1.36. The van der Waals surface area contributed by atoms with Crippen LogP contribution < -0.4 is 5.32 Å². The highest BCUT2D eigenvalue weighted by Crippen LogP contribution is 2.26. The largest absolute Gasteiger partial charge is 0.324 e. The zero-order valence-electron chi connectivity index (χ0n) is 9.34. The van der Waals surface area contributed by atoms with Gasteiger partial charge in [-0.3, -0.25) is 4.79 Å². The Labute approximate surface area is 114 Å². The number of carbonyl (C=O) groups is 1. The molecule has 1 aromatic carbocycles. The molecule has 0 bridgehead atoms. The first-order valence-corrected chi connectivity index (χ1v) is 6.41. The second-order valence-electron chi connectivity index (χ2n) is 3.58. The van der Waals surface area contributed by atoms with E-state index in [4.69, 9.17) is 16.9 Å². The van der Waals surface area contributed by atoms with Crippen LogP contribution in [0.25, 0.3) is 0 Å². The Kier molecular flexibility index (Phi) is 5.46. The Morgan fingerprint density at radius 2 is 2.35 bits per heavy atom. The van der Waals surface area contributed by atoms with E-state index in [1.165, 1.54) is 0 Å². The SMILES string of the molecule is CCCC(C#N)C(=O)Nc1cc(Br)ccc1Cl. The minimum absolute atomic E-state index is 0.311. The molecular formula is C12H12BrClN2O. The lowest BCUT2D eigenvalue weighted by Gasteiger charge is -2.10. The molecule has 1 atom stereocenters. The molecule has 0 radical (unpaired) electrons. The third-order valence-electron chi connectivity index (χ3n) is 2.24. The first kappa shape index (κ1) is 14.0. The van der Waals surface area contributed by atoms with Crippen molar-refractivity contribution in [1.29, 1.82) is 5.26 Å². The maximum absolute atomic E-state index is 11.8. The fraction of sp³-hybridized carbons (Fsp3) is 0.333. The van der Waals surface area contributed by atoms with Gasteiger partial charge in [-0.1, -0.05) is 40.9 Å². The van der Waals surface area contributed by atoms with Crippen LogP contribution in [0.15, 0.2) is 22.7 Å². The van der Waals surface area contributed by atoms with Gasteiger partial charge in [-0.05, 0) is 24.6 Å². The second kappa shape index (κ2) is 6.63. The van der Waals surface area contributed by atoms with Crippen molar-refractivity contribution >= 4 is 39.1 Å². The molecule has 90 valence electrons. The number of rotatable bonds is 4. The average molecular weight is 316 g/mol. The van der Waals surface area contributed by atoms with Crippen molar-refractivity contribution in [1.82, 2.24) is 0 Å². The molecule has 0 aliphatic rings. The van der Waals surface area contributed by atoms with Crippen molar-refractivity contribution in [3.05, 3.63) is 27.7 Å². The second-order valence-corrected chi connectivity index (χ2v) is 4.91. The monoisotopic (exact) mass is 314 g/mol. The smallest absolute Gasteiger partial charge is 0.241 e. The van der Waals surface area contributed by atoms with E-state index in [1.54, 1.807) is 18.2 Å². The summed E-state index contributed by atoms with van der Waals surface area (Å²) in [5, 5.41) is 12.0. The van der Waals surface area contributed by atoms with E-state index in [2.05, 4.69) is 21.2 Å². The molecule has 17 heavy (non-hydrogen) atoms. The lowest BCUT2D eigenvalue weighted by atomic mass is 10.0. The van der Waals surface area contributed by atoms with E-state index in [9.17, 15) is 4.79 Å². The van der Waals surface area contributed by atoms with Crippen LogP contribution in [0.3, 0.4) is 0 Å². The van der Waals surface area contributed by atoms with Crippen molar-refractivity contribution in [2.45, 2.75) is 19.8 Å². The molecule has 0 fully saturated rings. The molecule has 0 heterocycles. The Morgan fingerprint density at radius 3 is 2.94 bits per heavy atom. The van der Waals surface area contributed by atoms with Gasteiger partial charge in [-0.25, -0.2) is 0 Å². The summed E-state index contributed by atoms with van der Waals surface area (Å²) in [6.45, 7) is 1.93. The summed E-state index contributed by atoms with van der Waals surface area (Å²) in [7, 11) is 0. The maximum atomic E-state index is 11.8. The highest BCUT2D eigenvalue weighted by Gasteiger charge is 2.17. The third-order valence-corrected chi connectivity index (χ3v) is 3.06. The van der Waals surface area contributed by atoms with Crippen LogP contribution in [-0.4, -0.2) is 5.91 Å². The van der Waals surface area contributed by atoms with E-state index in [1.807, 2.05) is 13.0 Å². The number of carbonyl (C=O) groups excluding carboxylic acids is 1. The van der Waals surface area contributed by atoms with Crippen LogP contribution in [0, 0.1) is 17.2 Å². The molecule has 1 amide bonds. The molecule has 0 aliphatic heterocycles. The number of anilines is 1. The summed E-state index contributed by atoms with van der Waals surface area (Å²) in [4.78, 5) is 11.8. The van der Waals surface area contributed by atoms with Gasteiger partial charge in [-0.15, -0.1) is 0 Å². The third kappa shape index (κ3) is 4.03. The van der Waals surface area contributed by atoms with Crippen LogP contribution in [-0.2, 0) is 4.79 Å². The predicted molar refractivity (Wildman–Crippen MR) is 71.8 cm³/mol. The number of hydrogen-bond acceptors (Lipinski definition) is 2. The highest BCUT2D eigenvalue weighted by atomic mass is 79.9. The van der Waals surface area contributed by atoms with Gasteiger partial charge in [0.25, 0.3) is 0 Å². The van der Waals surface area contributed by atoms with Crippen LogP contribution >= 0.6 is 27.5 Å². The molecule has 5 heteroatoms. The van der Waals surface area contributed by atoms with Gasteiger partial charge in [0.15, 0.2) is 0 Å². The van der Waals surface area contributed by atoms with E-state index in [0.29, 0.717) is 17.1 Å². The zero-order valence-corrected chi connectivity index (χ0v) is 11.7. The molecule has 0 aliphatic carbocycles. The Morgan fingerprint density at radius 1 is 1.65 bits per heavy atom. The van der Waals surface area contributed by atoms with Crippen LogP contribution in [0.5, 0.6) is 0 Å². The number of hydrogen-bond donors (Lipinski definition) is 1. The number of nitriles is 1. The van der Waals surface area contributed by atoms with Gasteiger partial charge >= 0.3 is 0 Å². The number of amides is 1. The average Bonchev–Trinajstić information content (AvgIpc) is 2.30. The molecule has 1 unspecified atom stereocenters. The normalized spacial score (nSPS) is 11.6. The van der Waals surface area contributed by atoms with Gasteiger partial charge in [0.1, 0.15) is 5.92 Å². The summed E-state index contributed by atoms with van der Waals surface area (Å²) in [6.07, 6.45) is 1.34. The van der Waals surface area contributed by atoms with Crippen LogP contribution in [0.2, 0.25) is 5.02 Å². The summed E-state index contributed by atoms with van der Waals surface area (Å²) in [5.41, 5.74) is 0.516. The van der Waals surface area contributed by atoms with E-state index in [-0.39, 0.29) is 5.91 Å². The van der Waals surface area contributed by atoms with Crippen molar-refractivity contribution in [3.8, 4) is 6.07 Å². The molecule has 3 nitrogen and oxygen atoms in total. The van der Waals surface area contributed by atoms with Crippen molar-refractivity contribution in [3.63, 3.8) is 0 Å². The molecule has 1 N–H and O–H groups in total. The zero-order chi connectivity index (χ0) is 12.8. The number of halogens is 2. The van der Waals surface area contributed by atoms with Crippen LogP contribution in [0.1, 0.15) is 19.8 Å². The molecule has 0 spiro atoms. The number of nitrogens with one attached hydrogen (secondary N) is 1. The van der Waals surface area contributed by atoms with Gasteiger partial charge < -0.3 is 5.32 Å². The van der Waals surface area contributed by atoms with Crippen molar-refractivity contribution < 1.29 is 4.79 Å². The quantitative estimate of drug-likeness (QED) is 0.913. The van der Waals surface area contributed by atoms with Crippen LogP contribution in [0.4, 0.5) is 5.69 Å². The van der Waals surface area contributed by atoms with Crippen molar-refractivity contribution in [2.24, 2.45) is 5.92 Å². The standard InChI is InChI=1S/C12H12BrClN2O/c1-2-3-8(7-15)12(17)16-11-6-9(13)4-5-10(11)14/h4-6,8H,2-3H2,1H3,(H,16,17). The van der Waals surface area contributed by atoms with E-state index >= 15 is 0 Å². The molecule has 1 rings (SSSR count). The fourth-order valence-corrected chi connectivity index (χ4v) is 1.88. The van der Waals surface area contributed by atoms with Gasteiger partial charge in [0, 0.05) is 4.47 Å². The summed E-state index contributed by atoms with van der Waals surface area (Å²) >= 11 is 9.24. The van der Waals surface area contributed by atoms with Gasteiger partial charge in [-0.2, -0.15) is 5.26 Å². The Balaban J connectivity index is 2.80. The maximum Gasteiger partial charge on any atom is 0.241 e. The molecule has 0 aromatic heterocycles. The topological polar surface area (TPSA) is 52.9 Å². The Hall–Kier alpha value is -1.05. The molecule has 0 saturated carbocycles. The lowest BCUT2D eigenvalue weighted by molar-refractivity contribution is -0.118. The van der Waals surface area contributed by atoms with E-state index in [0.717, 1.165) is 10.9 Å². The first-order valence-electron chi connectivity index (χ1n) is 5.24. The van der Waals surface area contributed by atoms with E-state index < -0.39 is 5.92 Å². The molecule has 1 aromatic rings. The van der Waals surface area contributed by atoms with Gasteiger partial charge in [0.2, 0.25) is 5.91 Å². The lowest BCUT2D eigenvalue weighted by Crippen LogP contribution is -2.21. The highest BCUT2D eigenvalue weighted by molar-refractivity contribution is 9.10. The summed E-state index contributed by atoms with van der Waals surface area (Å²) in [6, 6.07) is 7.17. The van der Waals surface area contributed by atoms with Gasteiger partial charge in [0.05, 0.1) is 16.8 Å². The molecule has 0 saturated heterocycles. The number of nitrogens with zero attached hydrogens (tertiary/aromatic N) is 1. The van der Waals surface area contributed by atoms with Crippen molar-refractivity contribution in [2.75, 3.05) is 5.32 Å². The first-order chi connectivity index (χ1) is 8.08. The number of benzene rings is 1. The molecular weight excluding hydrogens is 304 g/mol. The minimum atomic E-state index is -0.630. The predicted octanol–water partition coefficient (Wildman–Crippen LogP) is 3.98. The minimum Gasteiger partial charge on any atom is -0.324 e. The Bertz CT molecular complexity index is 456.